The van der Waals surface area contributed by atoms with Crippen LogP contribution >= 0.6 is 0 Å². The molecule has 2 aromatic carbocycles. The lowest BCUT2D eigenvalue weighted by Crippen LogP contribution is -2.31. The molecule has 0 bridgehead atoms. The van der Waals surface area contributed by atoms with E-state index >= 15 is 8.78 Å². The summed E-state index contributed by atoms with van der Waals surface area (Å²) in [5, 5.41) is 0. The van der Waals surface area contributed by atoms with Gasteiger partial charge in [-0.05, 0) is 87.7 Å². The van der Waals surface area contributed by atoms with Gasteiger partial charge in [0.25, 0.3) is 0 Å². The van der Waals surface area contributed by atoms with Gasteiger partial charge in [0.05, 0.1) is 12.7 Å². The van der Waals surface area contributed by atoms with Gasteiger partial charge in [-0.25, -0.2) is 22.4 Å². The van der Waals surface area contributed by atoms with Gasteiger partial charge < -0.3 is 9.47 Å². The van der Waals surface area contributed by atoms with E-state index in [0.717, 1.165) is 69.4 Å². The Hall–Kier alpha value is -2.83. The van der Waals surface area contributed by atoms with Crippen molar-refractivity contribution in [3.8, 4) is 11.5 Å². The molecule has 0 radical (unpaired) electrons. The standard InChI is InChI=1S/C29H32F4O3/c1-3-4-5-6-17-7-8-19-12-20(10-9-18(19)11-17)27-23(30)13-21(14-24(27)31)29(34)36-22-15-25(32)28(35-2)26(33)16-22/h3-4,13-20H,5-12H2,1-2H3/b4-3+. The molecule has 7 heteroatoms. The van der Waals surface area contributed by atoms with Crippen molar-refractivity contribution in [1.82, 2.24) is 0 Å². The topological polar surface area (TPSA) is 35.5 Å². The summed E-state index contributed by atoms with van der Waals surface area (Å²) in [5.74, 6) is -4.30. The third kappa shape index (κ3) is 5.76. The largest absolute Gasteiger partial charge is 0.491 e. The maximum absolute atomic E-state index is 15.1. The number of ether oxygens (including phenoxy) is 2. The van der Waals surface area contributed by atoms with E-state index in [1.165, 1.54) is 12.8 Å². The van der Waals surface area contributed by atoms with Crippen LogP contribution in [0.1, 0.15) is 80.1 Å². The molecule has 4 unspecified atom stereocenters. The van der Waals surface area contributed by atoms with Crippen molar-refractivity contribution in [2.24, 2.45) is 17.8 Å². The van der Waals surface area contributed by atoms with E-state index in [1.807, 2.05) is 6.92 Å². The number of esters is 1. The van der Waals surface area contributed by atoms with Crippen molar-refractivity contribution in [2.45, 2.75) is 64.2 Å². The minimum Gasteiger partial charge on any atom is -0.491 e. The maximum atomic E-state index is 15.1. The van der Waals surface area contributed by atoms with Crippen LogP contribution in [0.4, 0.5) is 17.6 Å². The molecule has 36 heavy (non-hydrogen) atoms. The van der Waals surface area contributed by atoms with Crippen molar-refractivity contribution in [1.29, 1.82) is 0 Å². The number of methoxy groups -OCH3 is 1. The van der Waals surface area contributed by atoms with Crippen LogP contribution in [0.25, 0.3) is 0 Å². The number of benzene rings is 2. The molecular weight excluding hydrogens is 472 g/mol. The molecule has 2 aliphatic carbocycles. The summed E-state index contributed by atoms with van der Waals surface area (Å²) in [7, 11) is 1.10. The summed E-state index contributed by atoms with van der Waals surface area (Å²) in [6.07, 6.45) is 12.5. The number of hydrogen-bond acceptors (Lipinski definition) is 3. The molecular formula is C29H32F4O3. The highest BCUT2D eigenvalue weighted by Crippen LogP contribution is 2.49. The Bertz CT molecular complexity index is 1080. The van der Waals surface area contributed by atoms with Crippen LogP contribution in [0, 0.1) is 41.0 Å². The SMILES string of the molecule is C/C=C/CCC1CCC2CC(c3c(F)cc(C(=O)Oc4cc(F)c(OC)c(F)c4)cc3F)CCC2C1. The predicted molar refractivity (Wildman–Crippen MR) is 129 cm³/mol. The minimum atomic E-state index is -1.11. The summed E-state index contributed by atoms with van der Waals surface area (Å²) >= 11 is 0. The smallest absolute Gasteiger partial charge is 0.343 e. The minimum absolute atomic E-state index is 0.0155. The average Bonchev–Trinajstić information content (AvgIpc) is 2.83. The lowest BCUT2D eigenvalue weighted by Gasteiger charge is -2.42. The van der Waals surface area contributed by atoms with Crippen molar-refractivity contribution >= 4 is 5.97 Å². The summed E-state index contributed by atoms with van der Waals surface area (Å²) < 4.78 is 67.5. The number of hydrogen-bond donors (Lipinski definition) is 0. The molecule has 0 amide bonds. The van der Waals surface area contributed by atoms with Crippen LogP contribution in [-0.4, -0.2) is 13.1 Å². The first-order valence-corrected chi connectivity index (χ1v) is 12.7. The van der Waals surface area contributed by atoms with Gasteiger partial charge >= 0.3 is 5.97 Å². The Balaban J connectivity index is 1.43. The van der Waals surface area contributed by atoms with Crippen LogP contribution in [-0.2, 0) is 0 Å². The zero-order valence-corrected chi connectivity index (χ0v) is 20.7. The highest BCUT2D eigenvalue weighted by atomic mass is 19.1. The van der Waals surface area contributed by atoms with E-state index < -0.39 is 40.7 Å². The number of allylic oxidation sites excluding steroid dienone is 2. The maximum Gasteiger partial charge on any atom is 0.343 e. The lowest BCUT2D eigenvalue weighted by molar-refractivity contribution is 0.0732. The molecule has 4 atom stereocenters. The van der Waals surface area contributed by atoms with Crippen molar-refractivity contribution in [3.05, 3.63) is 70.8 Å². The summed E-state index contributed by atoms with van der Waals surface area (Å²) in [6.45, 7) is 2.04. The third-order valence-corrected chi connectivity index (χ3v) is 7.81. The number of rotatable bonds is 7. The molecule has 2 aromatic rings. The molecule has 2 aliphatic rings. The van der Waals surface area contributed by atoms with Crippen LogP contribution in [0.5, 0.6) is 11.5 Å². The van der Waals surface area contributed by atoms with Crippen molar-refractivity contribution in [2.75, 3.05) is 7.11 Å². The Labute approximate surface area is 209 Å². The van der Waals surface area contributed by atoms with Gasteiger partial charge in [-0.2, -0.15) is 0 Å². The number of carbonyl (C=O) groups excluding carboxylic acids is 1. The zero-order chi connectivity index (χ0) is 25.8. The number of halogens is 4. The first-order valence-electron chi connectivity index (χ1n) is 12.7. The van der Waals surface area contributed by atoms with Gasteiger partial charge in [0.2, 0.25) is 0 Å². The van der Waals surface area contributed by atoms with E-state index in [9.17, 15) is 13.6 Å². The fourth-order valence-corrected chi connectivity index (χ4v) is 6.06. The molecule has 0 N–H and O–H groups in total. The van der Waals surface area contributed by atoms with Gasteiger partial charge in [-0.1, -0.05) is 18.6 Å². The first kappa shape index (κ1) is 26.2. The fourth-order valence-electron chi connectivity index (χ4n) is 6.06. The van der Waals surface area contributed by atoms with E-state index in [4.69, 9.17) is 4.74 Å². The Kier molecular flexibility index (Phi) is 8.37. The summed E-state index contributed by atoms with van der Waals surface area (Å²) in [4.78, 5) is 12.5. The predicted octanol–water partition coefficient (Wildman–Crippen LogP) is 8.13. The fraction of sp³-hybridized carbons (Fsp3) is 0.483. The molecule has 0 aliphatic heterocycles. The second-order valence-corrected chi connectivity index (χ2v) is 10.0. The van der Waals surface area contributed by atoms with Gasteiger partial charge in [0, 0.05) is 17.7 Å². The van der Waals surface area contributed by atoms with Gasteiger partial charge in [0.1, 0.15) is 17.4 Å². The number of fused-ring (bicyclic) bond motifs is 1. The molecule has 4 rings (SSSR count). The van der Waals surface area contributed by atoms with E-state index in [2.05, 4.69) is 16.9 Å². The molecule has 0 heterocycles. The lowest BCUT2D eigenvalue weighted by atomic mass is 9.63. The Morgan fingerprint density at radius 1 is 0.917 bits per heavy atom. The summed E-state index contributed by atoms with van der Waals surface area (Å²) in [5.41, 5.74) is -0.345. The summed E-state index contributed by atoms with van der Waals surface area (Å²) in [6, 6.07) is 3.44. The second kappa shape index (κ2) is 11.5. The average molecular weight is 505 g/mol. The molecule has 0 saturated heterocycles. The van der Waals surface area contributed by atoms with Crippen LogP contribution in [0.15, 0.2) is 36.4 Å². The second-order valence-electron chi connectivity index (χ2n) is 10.0. The quantitative estimate of drug-likeness (QED) is 0.165. The van der Waals surface area contributed by atoms with Gasteiger partial charge in [-0.3, -0.25) is 0 Å². The van der Waals surface area contributed by atoms with Crippen LogP contribution < -0.4 is 9.47 Å². The Morgan fingerprint density at radius 3 is 2.19 bits per heavy atom. The molecule has 3 nitrogen and oxygen atoms in total. The molecule has 2 fully saturated rings. The van der Waals surface area contributed by atoms with Crippen LogP contribution in [0.3, 0.4) is 0 Å². The monoisotopic (exact) mass is 504 g/mol. The number of carbonyl (C=O) groups is 1. The van der Waals surface area contributed by atoms with E-state index in [1.54, 1.807) is 0 Å². The van der Waals surface area contributed by atoms with Crippen molar-refractivity contribution < 1.29 is 31.8 Å². The third-order valence-electron chi connectivity index (χ3n) is 7.81. The van der Waals surface area contributed by atoms with E-state index in [0.29, 0.717) is 18.3 Å². The molecule has 194 valence electrons. The highest BCUT2D eigenvalue weighted by Gasteiger charge is 2.37. The highest BCUT2D eigenvalue weighted by molar-refractivity contribution is 5.91. The molecule has 0 aromatic heterocycles. The van der Waals surface area contributed by atoms with Crippen molar-refractivity contribution in [3.63, 3.8) is 0 Å². The normalized spacial score (nSPS) is 23.9. The first-order chi connectivity index (χ1) is 17.3. The molecule has 0 spiro atoms. The van der Waals surface area contributed by atoms with Crippen LogP contribution in [0.2, 0.25) is 0 Å². The van der Waals surface area contributed by atoms with Gasteiger partial charge in [0.15, 0.2) is 17.4 Å². The van der Waals surface area contributed by atoms with E-state index in [-0.39, 0.29) is 17.0 Å². The van der Waals surface area contributed by atoms with Gasteiger partial charge in [-0.15, -0.1) is 0 Å². The molecule has 2 saturated carbocycles. The Morgan fingerprint density at radius 2 is 1.56 bits per heavy atom. The zero-order valence-electron chi connectivity index (χ0n) is 20.7.